The lowest BCUT2D eigenvalue weighted by Crippen LogP contribution is -2.45. The molecule has 2 saturated heterocycles. The number of nitrogens with zero attached hydrogens (tertiary/aromatic N) is 2. The lowest BCUT2D eigenvalue weighted by Gasteiger charge is -2.31. The van der Waals surface area contributed by atoms with Crippen molar-refractivity contribution in [2.24, 2.45) is 5.92 Å². The number of hydrogen-bond acceptors (Lipinski definition) is 5. The van der Waals surface area contributed by atoms with Gasteiger partial charge in [-0.1, -0.05) is 30.2 Å². The number of ether oxygens (including phenoxy) is 2. The van der Waals surface area contributed by atoms with Crippen LogP contribution in [-0.4, -0.2) is 69.2 Å². The molecule has 226 valence electrons. The molecule has 1 aromatic rings. The zero-order valence-electron chi connectivity index (χ0n) is 25.7. The number of rotatable bonds is 10. The van der Waals surface area contributed by atoms with E-state index in [2.05, 4.69) is 32.9 Å². The highest BCUT2D eigenvalue weighted by Gasteiger charge is 2.67. The van der Waals surface area contributed by atoms with E-state index in [1.54, 1.807) is 30.0 Å². The predicted octanol–water partition coefficient (Wildman–Crippen LogP) is 5.88. The number of allylic oxidation sites excluding steroid dienone is 3. The molecule has 0 aromatic heterocycles. The zero-order chi connectivity index (χ0) is 30.1. The summed E-state index contributed by atoms with van der Waals surface area (Å²) in [6.07, 6.45) is 6.96. The summed E-state index contributed by atoms with van der Waals surface area (Å²) < 4.78 is 28.4. The average Bonchev–Trinajstić information content (AvgIpc) is 3.56. The van der Waals surface area contributed by atoms with Gasteiger partial charge >= 0.3 is 0 Å². The Morgan fingerprint density at radius 3 is 2.63 bits per heavy atom. The molecular weight excluding hydrogens is 539 g/mol. The van der Waals surface area contributed by atoms with Crippen molar-refractivity contribution in [3.05, 3.63) is 47.1 Å². The summed E-state index contributed by atoms with van der Waals surface area (Å²) in [5.74, 6) is -0.251. The van der Waals surface area contributed by atoms with E-state index in [1.165, 1.54) is 11.1 Å². The zero-order valence-corrected chi connectivity index (χ0v) is 26.7. The first kappa shape index (κ1) is 31.4. The fourth-order valence-corrected chi connectivity index (χ4v) is 9.61. The number of carbonyl (C=O) groups is 2. The van der Waals surface area contributed by atoms with Crippen LogP contribution in [0.3, 0.4) is 0 Å². The van der Waals surface area contributed by atoms with E-state index < -0.39 is 31.6 Å². The highest BCUT2D eigenvalue weighted by atomic mass is 28.4. The molecule has 7 nitrogen and oxygen atoms in total. The van der Waals surface area contributed by atoms with Crippen molar-refractivity contribution in [2.45, 2.75) is 96.2 Å². The molecule has 1 spiro atoms. The molecule has 3 aliphatic heterocycles. The minimum atomic E-state index is -3.40. The number of methoxy groups -OCH3 is 1. The number of aliphatic hydroxyl groups is 1. The van der Waals surface area contributed by atoms with Crippen LogP contribution in [-0.2, 0) is 19.9 Å². The second-order valence-corrected chi connectivity index (χ2v) is 16.5. The van der Waals surface area contributed by atoms with E-state index in [-0.39, 0.29) is 30.9 Å². The summed E-state index contributed by atoms with van der Waals surface area (Å²) in [5.41, 5.74) is 1.92. The molecule has 2 amide bonds. The third kappa shape index (κ3) is 6.04. The largest absolute Gasteiger partial charge is 0.497 e. The Kier molecular flexibility index (Phi) is 9.51. The molecule has 5 atom stereocenters. The SMILES string of the molecule is COc1ccc2c(c1)[C@]1(O[C@@H](CC(=O)N3CCC[C@H]3CO)[C@H]([Si](C)(C)F)[C@H]1C)C(=O)N2C/C=C(\C)CCC=C(C)C. The Morgan fingerprint density at radius 2 is 2.00 bits per heavy atom. The van der Waals surface area contributed by atoms with Gasteiger partial charge < -0.3 is 28.5 Å². The minimum Gasteiger partial charge on any atom is -0.497 e. The van der Waals surface area contributed by atoms with E-state index in [0.29, 0.717) is 24.4 Å². The third-order valence-corrected chi connectivity index (χ3v) is 11.6. The summed E-state index contributed by atoms with van der Waals surface area (Å²) in [4.78, 5) is 31.4. The van der Waals surface area contributed by atoms with Gasteiger partial charge in [-0.3, -0.25) is 9.59 Å². The molecule has 0 saturated carbocycles. The molecule has 1 aromatic carbocycles. The first-order valence-corrected chi connectivity index (χ1v) is 17.9. The van der Waals surface area contributed by atoms with Gasteiger partial charge in [-0.25, -0.2) is 0 Å². The predicted molar refractivity (Wildman–Crippen MR) is 162 cm³/mol. The number of likely N-dealkylation sites (tertiary alicyclic amines) is 1. The average molecular weight is 587 g/mol. The number of halogens is 1. The Balaban J connectivity index is 1.70. The lowest BCUT2D eigenvalue weighted by atomic mass is 9.82. The van der Waals surface area contributed by atoms with Gasteiger partial charge in [0.05, 0.1) is 38.0 Å². The molecule has 3 heterocycles. The Morgan fingerprint density at radius 1 is 1.27 bits per heavy atom. The quantitative estimate of drug-likeness (QED) is 0.210. The van der Waals surface area contributed by atoms with E-state index in [4.69, 9.17) is 9.47 Å². The third-order valence-electron chi connectivity index (χ3n) is 9.17. The summed E-state index contributed by atoms with van der Waals surface area (Å²) in [6.45, 7) is 12.3. The number of amides is 2. The fraction of sp³-hybridized carbons (Fsp3) is 0.625. The number of fused-ring (bicyclic) bond motifs is 2. The van der Waals surface area contributed by atoms with Gasteiger partial charge in [-0.2, -0.15) is 0 Å². The molecule has 41 heavy (non-hydrogen) atoms. The Bertz CT molecular complexity index is 1210. The van der Waals surface area contributed by atoms with Gasteiger partial charge in [0, 0.05) is 30.1 Å². The number of anilines is 1. The van der Waals surface area contributed by atoms with Gasteiger partial charge in [0.25, 0.3) is 5.91 Å². The molecule has 0 aliphatic carbocycles. The van der Waals surface area contributed by atoms with Crippen LogP contribution >= 0.6 is 0 Å². The number of benzene rings is 1. The van der Waals surface area contributed by atoms with E-state index >= 15 is 4.11 Å². The lowest BCUT2D eigenvalue weighted by molar-refractivity contribution is -0.150. The van der Waals surface area contributed by atoms with Crippen molar-refractivity contribution in [3.8, 4) is 5.75 Å². The number of carbonyl (C=O) groups excluding carboxylic acids is 2. The molecule has 2 fully saturated rings. The van der Waals surface area contributed by atoms with Crippen LogP contribution in [0.15, 0.2) is 41.5 Å². The van der Waals surface area contributed by atoms with Crippen molar-refractivity contribution in [1.82, 2.24) is 4.90 Å². The highest BCUT2D eigenvalue weighted by Crippen LogP contribution is 2.60. The minimum absolute atomic E-state index is 0.0104. The van der Waals surface area contributed by atoms with Crippen molar-refractivity contribution in [2.75, 3.05) is 31.7 Å². The number of aliphatic hydroxyl groups excluding tert-OH is 1. The fourth-order valence-electron chi connectivity index (χ4n) is 7.12. The van der Waals surface area contributed by atoms with Crippen LogP contribution in [0.1, 0.15) is 65.4 Å². The van der Waals surface area contributed by atoms with E-state index in [1.807, 2.05) is 25.1 Å². The maximum atomic E-state index is 16.1. The van der Waals surface area contributed by atoms with Crippen LogP contribution in [0.2, 0.25) is 18.6 Å². The second-order valence-electron chi connectivity index (χ2n) is 12.7. The highest BCUT2D eigenvalue weighted by molar-refractivity contribution is 6.72. The second kappa shape index (κ2) is 12.4. The van der Waals surface area contributed by atoms with Crippen LogP contribution in [0, 0.1) is 5.92 Å². The van der Waals surface area contributed by atoms with Crippen LogP contribution < -0.4 is 9.64 Å². The van der Waals surface area contributed by atoms with Gasteiger partial charge in [-0.15, -0.1) is 0 Å². The molecule has 0 bridgehead atoms. The van der Waals surface area contributed by atoms with Crippen molar-refractivity contribution >= 4 is 25.9 Å². The summed E-state index contributed by atoms with van der Waals surface area (Å²) in [5, 5.41) is 9.77. The standard InChI is InChI=1S/C32H47FN2O5Si/c1-21(2)10-8-11-22(3)15-17-35-27-14-13-25(39-5)18-26(27)32(31(35)38)23(4)30(41(6,7)33)28(40-32)19-29(37)34-16-9-12-24(34)20-36/h10,13-15,18,23-24,28,30,36H,8-9,11-12,16-17,19-20H2,1-7H3/b22-15+/t23-,24+,28+,30-,32+/m1/s1. The molecule has 9 heteroatoms. The summed E-state index contributed by atoms with van der Waals surface area (Å²) >= 11 is 0. The molecule has 3 aliphatic rings. The molecule has 4 rings (SSSR count). The van der Waals surface area contributed by atoms with Gasteiger partial charge in [0.2, 0.25) is 14.3 Å². The molecular formula is C32H47FN2O5Si. The van der Waals surface area contributed by atoms with Crippen LogP contribution in [0.25, 0.3) is 0 Å². The molecule has 1 N–H and O–H groups in total. The Labute approximate surface area is 245 Å². The van der Waals surface area contributed by atoms with Crippen molar-refractivity contribution in [1.29, 1.82) is 0 Å². The monoisotopic (exact) mass is 586 g/mol. The van der Waals surface area contributed by atoms with Gasteiger partial charge in [0.15, 0.2) is 5.60 Å². The maximum absolute atomic E-state index is 16.1. The van der Waals surface area contributed by atoms with E-state index in [0.717, 1.165) is 31.4 Å². The van der Waals surface area contributed by atoms with Crippen molar-refractivity contribution in [3.63, 3.8) is 0 Å². The van der Waals surface area contributed by atoms with Crippen LogP contribution in [0.4, 0.5) is 9.80 Å². The van der Waals surface area contributed by atoms with Crippen molar-refractivity contribution < 1.29 is 28.3 Å². The van der Waals surface area contributed by atoms with Crippen LogP contribution in [0.5, 0.6) is 5.75 Å². The van der Waals surface area contributed by atoms with E-state index in [9.17, 15) is 14.7 Å². The first-order chi connectivity index (χ1) is 19.3. The smallest absolute Gasteiger partial charge is 0.264 e. The maximum Gasteiger partial charge on any atom is 0.264 e. The van der Waals surface area contributed by atoms with Gasteiger partial charge in [0.1, 0.15) is 5.75 Å². The normalized spacial score (nSPS) is 28.0. The molecule has 0 radical (unpaired) electrons. The molecule has 0 unspecified atom stereocenters. The first-order valence-electron chi connectivity index (χ1n) is 14.9. The van der Waals surface area contributed by atoms with Gasteiger partial charge in [-0.05, 0) is 77.7 Å². The summed E-state index contributed by atoms with van der Waals surface area (Å²) in [6, 6.07) is 5.33. The number of hydrogen-bond donors (Lipinski definition) is 1. The summed E-state index contributed by atoms with van der Waals surface area (Å²) in [7, 11) is -1.82. The Hall–Kier alpha value is -2.49. The topological polar surface area (TPSA) is 79.3 Å².